The van der Waals surface area contributed by atoms with Gasteiger partial charge in [-0.1, -0.05) is 0 Å². The molecule has 2 aliphatic heterocycles. The molecule has 3 fully saturated rings. The number of rotatable bonds is 5. The Bertz CT molecular complexity index is 1080. The van der Waals surface area contributed by atoms with E-state index in [1.165, 1.54) is 19.2 Å². The topological polar surface area (TPSA) is 105 Å². The molecule has 1 saturated carbocycles. The summed E-state index contributed by atoms with van der Waals surface area (Å²) in [6.07, 6.45) is 4.49. The number of hydrogen-bond donors (Lipinski definition) is 1. The minimum Gasteiger partial charge on any atom is -0.477 e. The maximum Gasteiger partial charge on any atom is 0.317 e. The Balaban J connectivity index is 1.21. The van der Waals surface area contributed by atoms with Gasteiger partial charge in [-0.05, 0) is 43.4 Å². The summed E-state index contributed by atoms with van der Waals surface area (Å²) in [5.41, 5.74) is 1.91. The number of fused-ring (bicyclic) bond motifs is 1. The summed E-state index contributed by atoms with van der Waals surface area (Å²) >= 11 is 0. The summed E-state index contributed by atoms with van der Waals surface area (Å²) in [4.78, 5) is 25.2. The first-order chi connectivity index (χ1) is 15.0. The first-order valence-corrected chi connectivity index (χ1v) is 12.7. The molecular formula is C21H27N5O4S. The number of ether oxygens (including phenoxy) is 1. The van der Waals surface area contributed by atoms with Crippen molar-refractivity contribution in [1.29, 1.82) is 0 Å². The number of carbonyl (C=O) groups excluding carboxylic acids is 1. The van der Waals surface area contributed by atoms with Crippen LogP contribution in [0.2, 0.25) is 0 Å². The van der Waals surface area contributed by atoms with Gasteiger partial charge < -0.3 is 19.9 Å². The van der Waals surface area contributed by atoms with Gasteiger partial charge in [-0.15, -0.1) is 0 Å². The molecule has 2 aromatic rings. The molecule has 1 atom stereocenters. The lowest BCUT2D eigenvalue weighted by Gasteiger charge is -2.36. The largest absolute Gasteiger partial charge is 0.477 e. The maximum absolute atomic E-state index is 12.5. The molecule has 10 heteroatoms. The molecule has 9 nitrogen and oxygen atoms in total. The van der Waals surface area contributed by atoms with Crippen molar-refractivity contribution in [2.45, 2.75) is 25.3 Å². The molecule has 3 heterocycles. The van der Waals surface area contributed by atoms with E-state index in [4.69, 9.17) is 4.74 Å². The van der Waals surface area contributed by atoms with Crippen LogP contribution < -0.4 is 15.0 Å². The van der Waals surface area contributed by atoms with E-state index in [-0.39, 0.29) is 23.6 Å². The Labute approximate surface area is 181 Å². The molecule has 1 aliphatic carbocycles. The average molecular weight is 446 g/mol. The van der Waals surface area contributed by atoms with Crippen molar-refractivity contribution in [1.82, 2.24) is 20.2 Å². The van der Waals surface area contributed by atoms with E-state index in [1.54, 1.807) is 4.90 Å². The Morgan fingerprint density at radius 3 is 2.65 bits per heavy atom. The van der Waals surface area contributed by atoms with Crippen molar-refractivity contribution in [3.05, 3.63) is 24.5 Å². The Morgan fingerprint density at radius 1 is 1.13 bits per heavy atom. The fraction of sp³-hybridized carbons (Fsp3) is 0.571. The standard InChI is InChI=1S/C21H27N5O4S/c27-21(24-16-5-10-31(28,29)13-16)26-8-6-25(7-9-26)17-3-4-19-18(11-17)20(23-14-22-19)30-12-15-1-2-15/h3-4,11,14-16H,1-2,5-10,12-13H2,(H,24,27). The van der Waals surface area contributed by atoms with Gasteiger partial charge in [0.25, 0.3) is 0 Å². The number of carbonyl (C=O) groups is 1. The van der Waals surface area contributed by atoms with E-state index in [0.717, 1.165) is 16.6 Å². The molecule has 0 bridgehead atoms. The van der Waals surface area contributed by atoms with Crippen LogP contribution in [0.1, 0.15) is 19.3 Å². The zero-order valence-electron chi connectivity index (χ0n) is 17.4. The smallest absolute Gasteiger partial charge is 0.317 e. The molecule has 1 unspecified atom stereocenters. The summed E-state index contributed by atoms with van der Waals surface area (Å²) in [6, 6.07) is 5.64. The van der Waals surface area contributed by atoms with Crippen molar-refractivity contribution in [2.24, 2.45) is 5.92 Å². The summed E-state index contributed by atoms with van der Waals surface area (Å²) in [6.45, 7) is 3.27. The fourth-order valence-corrected chi connectivity index (χ4v) is 5.83. The van der Waals surface area contributed by atoms with Gasteiger partial charge in [0, 0.05) is 37.9 Å². The molecule has 1 aromatic heterocycles. The van der Waals surface area contributed by atoms with Gasteiger partial charge in [-0.25, -0.2) is 23.2 Å². The number of amides is 2. The van der Waals surface area contributed by atoms with Gasteiger partial charge in [0.05, 0.1) is 29.0 Å². The van der Waals surface area contributed by atoms with Crippen LogP contribution >= 0.6 is 0 Å². The van der Waals surface area contributed by atoms with Crippen LogP contribution in [-0.2, 0) is 9.84 Å². The van der Waals surface area contributed by atoms with Crippen LogP contribution in [0.4, 0.5) is 10.5 Å². The second-order valence-corrected chi connectivity index (χ2v) is 10.9. The molecule has 1 aromatic carbocycles. The van der Waals surface area contributed by atoms with Crippen LogP contribution in [0.5, 0.6) is 5.88 Å². The van der Waals surface area contributed by atoms with Gasteiger partial charge >= 0.3 is 6.03 Å². The fourth-order valence-electron chi connectivity index (χ4n) is 4.16. The minimum atomic E-state index is -3.01. The molecule has 0 spiro atoms. The van der Waals surface area contributed by atoms with Crippen LogP contribution in [0.3, 0.4) is 0 Å². The molecule has 2 amide bonds. The third kappa shape index (κ3) is 4.68. The minimum absolute atomic E-state index is 0.0447. The number of anilines is 1. The highest BCUT2D eigenvalue weighted by molar-refractivity contribution is 7.91. The molecule has 166 valence electrons. The number of nitrogens with one attached hydrogen (secondary N) is 1. The van der Waals surface area contributed by atoms with Crippen molar-refractivity contribution in [3.8, 4) is 5.88 Å². The highest BCUT2D eigenvalue weighted by atomic mass is 32.2. The zero-order chi connectivity index (χ0) is 21.4. The number of piperazine rings is 1. The molecule has 2 saturated heterocycles. The van der Waals surface area contributed by atoms with Crippen molar-refractivity contribution in [2.75, 3.05) is 49.2 Å². The maximum atomic E-state index is 12.5. The van der Waals surface area contributed by atoms with Gasteiger partial charge in [0.15, 0.2) is 9.84 Å². The number of benzene rings is 1. The van der Waals surface area contributed by atoms with Crippen LogP contribution in [0.25, 0.3) is 10.9 Å². The van der Waals surface area contributed by atoms with E-state index >= 15 is 0 Å². The van der Waals surface area contributed by atoms with Crippen molar-refractivity contribution >= 4 is 32.5 Å². The monoisotopic (exact) mass is 445 g/mol. The third-order valence-corrected chi connectivity index (χ3v) is 8.00. The SMILES string of the molecule is O=C(NC1CCS(=O)(=O)C1)N1CCN(c2ccc3ncnc(OCC4CC4)c3c2)CC1. The normalized spacial score (nSPS) is 23.2. The second-order valence-electron chi connectivity index (χ2n) is 8.66. The van der Waals surface area contributed by atoms with E-state index in [9.17, 15) is 13.2 Å². The lowest BCUT2D eigenvalue weighted by atomic mass is 10.2. The van der Waals surface area contributed by atoms with Gasteiger partial charge in [-0.2, -0.15) is 0 Å². The molecular weight excluding hydrogens is 418 g/mol. The second kappa shape index (κ2) is 8.14. The number of sulfone groups is 1. The summed E-state index contributed by atoms with van der Waals surface area (Å²) in [7, 11) is -3.01. The number of hydrogen-bond acceptors (Lipinski definition) is 7. The number of urea groups is 1. The molecule has 3 aliphatic rings. The van der Waals surface area contributed by atoms with E-state index in [0.29, 0.717) is 51.0 Å². The number of aromatic nitrogens is 2. The predicted octanol–water partition coefficient (Wildman–Crippen LogP) is 1.44. The van der Waals surface area contributed by atoms with Gasteiger partial charge in [0.2, 0.25) is 5.88 Å². The highest BCUT2D eigenvalue weighted by Crippen LogP contribution is 2.32. The number of nitrogens with zero attached hydrogens (tertiary/aromatic N) is 4. The lowest BCUT2D eigenvalue weighted by Crippen LogP contribution is -2.53. The quantitative estimate of drug-likeness (QED) is 0.742. The highest BCUT2D eigenvalue weighted by Gasteiger charge is 2.31. The Morgan fingerprint density at radius 2 is 1.94 bits per heavy atom. The summed E-state index contributed by atoms with van der Waals surface area (Å²) in [5, 5.41) is 3.78. The first kappa shape index (κ1) is 20.3. The molecule has 0 radical (unpaired) electrons. The molecule has 31 heavy (non-hydrogen) atoms. The predicted molar refractivity (Wildman–Crippen MR) is 117 cm³/mol. The average Bonchev–Trinajstić information content (AvgIpc) is 3.54. The zero-order valence-corrected chi connectivity index (χ0v) is 18.2. The first-order valence-electron chi connectivity index (χ1n) is 10.9. The van der Waals surface area contributed by atoms with Crippen molar-refractivity contribution in [3.63, 3.8) is 0 Å². The van der Waals surface area contributed by atoms with Crippen molar-refractivity contribution < 1.29 is 17.9 Å². The van der Waals surface area contributed by atoms with Gasteiger partial charge in [-0.3, -0.25) is 0 Å². The van der Waals surface area contributed by atoms with Crippen LogP contribution in [-0.4, -0.2) is 79.7 Å². The lowest BCUT2D eigenvalue weighted by molar-refractivity contribution is 0.191. The summed E-state index contributed by atoms with van der Waals surface area (Å²) < 4.78 is 29.1. The van der Waals surface area contributed by atoms with Crippen LogP contribution in [0, 0.1) is 5.92 Å². The van der Waals surface area contributed by atoms with Crippen LogP contribution in [0.15, 0.2) is 24.5 Å². The van der Waals surface area contributed by atoms with E-state index in [1.807, 2.05) is 12.1 Å². The Hall–Kier alpha value is -2.62. The molecule has 5 rings (SSSR count). The van der Waals surface area contributed by atoms with E-state index < -0.39 is 9.84 Å². The summed E-state index contributed by atoms with van der Waals surface area (Å²) in [5.74, 6) is 1.48. The molecule has 1 N–H and O–H groups in total. The van der Waals surface area contributed by atoms with E-state index in [2.05, 4.69) is 26.3 Å². The third-order valence-electron chi connectivity index (χ3n) is 6.23. The Kier molecular flexibility index (Phi) is 5.33. The van der Waals surface area contributed by atoms with Gasteiger partial charge in [0.1, 0.15) is 6.33 Å².